The lowest BCUT2D eigenvalue weighted by Gasteiger charge is -2.17. The Labute approximate surface area is 203 Å². The summed E-state index contributed by atoms with van der Waals surface area (Å²) in [6.45, 7) is 1.17. The number of Topliss-reactive ketones (excluding diaryl/α,β-unsaturated/α-hetero) is 1. The molecule has 3 aromatic heterocycles. The third-order valence-corrected chi connectivity index (χ3v) is 6.47. The van der Waals surface area contributed by atoms with E-state index in [1.807, 2.05) is 18.2 Å². The smallest absolute Gasteiger partial charge is 0.302 e. The Hall–Kier alpha value is -4.19. The highest BCUT2D eigenvalue weighted by atomic mass is 32.1. The van der Waals surface area contributed by atoms with E-state index in [9.17, 15) is 14.4 Å². The number of anilines is 1. The van der Waals surface area contributed by atoms with E-state index in [4.69, 9.17) is 4.74 Å². The summed E-state index contributed by atoms with van der Waals surface area (Å²) in [4.78, 5) is 44.1. The van der Waals surface area contributed by atoms with E-state index in [1.54, 1.807) is 10.3 Å². The van der Waals surface area contributed by atoms with E-state index in [1.165, 1.54) is 36.3 Å². The van der Waals surface area contributed by atoms with Crippen LogP contribution in [0.1, 0.15) is 33.1 Å². The maximum atomic E-state index is 13.4. The number of thiazole rings is 1. The van der Waals surface area contributed by atoms with Crippen molar-refractivity contribution < 1.29 is 19.1 Å². The molecule has 1 saturated heterocycles. The van der Waals surface area contributed by atoms with Gasteiger partial charge in [0.1, 0.15) is 0 Å². The highest BCUT2D eigenvalue weighted by molar-refractivity contribution is 7.13. The number of aromatic nitrogens is 5. The SMILES string of the molecule is COc1cc2nnc(C(=O)C(=O)Nc3nccs3)n2nc1C(=O)N1CCC(Cc2ccccc2)C1. The summed E-state index contributed by atoms with van der Waals surface area (Å²) in [5.74, 6) is -1.96. The summed E-state index contributed by atoms with van der Waals surface area (Å²) in [6, 6.07) is 11.6. The van der Waals surface area contributed by atoms with Crippen LogP contribution in [0.25, 0.3) is 5.65 Å². The molecule has 1 aromatic carbocycles. The zero-order valence-electron chi connectivity index (χ0n) is 18.7. The molecule has 0 saturated carbocycles. The number of rotatable bonds is 7. The lowest BCUT2D eigenvalue weighted by Crippen LogP contribution is -2.31. The molecule has 1 atom stereocenters. The van der Waals surface area contributed by atoms with Gasteiger partial charge in [-0.1, -0.05) is 30.3 Å². The number of benzene rings is 1. The summed E-state index contributed by atoms with van der Waals surface area (Å²) >= 11 is 1.17. The molecule has 1 unspecified atom stereocenters. The highest BCUT2D eigenvalue weighted by Gasteiger charge is 2.31. The first-order valence-electron chi connectivity index (χ1n) is 10.9. The first-order chi connectivity index (χ1) is 17.0. The zero-order valence-corrected chi connectivity index (χ0v) is 19.6. The number of ether oxygens (including phenoxy) is 1. The van der Waals surface area contributed by atoms with Crippen LogP contribution >= 0.6 is 11.3 Å². The topological polar surface area (TPSA) is 132 Å². The number of carbonyl (C=O) groups is 3. The minimum atomic E-state index is -0.951. The number of carbonyl (C=O) groups excluding carboxylic acids is 3. The van der Waals surface area contributed by atoms with Crippen molar-refractivity contribution in [3.63, 3.8) is 0 Å². The van der Waals surface area contributed by atoms with Crippen LogP contribution in [-0.2, 0) is 11.2 Å². The predicted molar refractivity (Wildman–Crippen MR) is 127 cm³/mol. The second kappa shape index (κ2) is 9.58. The second-order valence-corrected chi connectivity index (χ2v) is 8.97. The molecule has 4 aromatic rings. The molecule has 1 aliphatic rings. The van der Waals surface area contributed by atoms with Crippen LogP contribution in [-0.4, -0.2) is 67.5 Å². The van der Waals surface area contributed by atoms with Crippen LogP contribution in [0.4, 0.5) is 5.13 Å². The molecule has 5 rings (SSSR count). The Morgan fingerprint density at radius 3 is 2.77 bits per heavy atom. The van der Waals surface area contributed by atoms with Crippen LogP contribution in [0.15, 0.2) is 48.0 Å². The van der Waals surface area contributed by atoms with E-state index in [0.29, 0.717) is 19.0 Å². The van der Waals surface area contributed by atoms with Crippen molar-refractivity contribution in [1.82, 2.24) is 29.7 Å². The fourth-order valence-electron chi connectivity index (χ4n) is 4.08. The number of nitrogens with one attached hydrogen (secondary N) is 1. The quantitative estimate of drug-likeness (QED) is 0.307. The Balaban J connectivity index is 1.38. The number of ketones is 1. The lowest BCUT2D eigenvalue weighted by molar-refractivity contribution is -0.112. The molecule has 35 heavy (non-hydrogen) atoms. The fourth-order valence-corrected chi connectivity index (χ4v) is 4.61. The van der Waals surface area contributed by atoms with Crippen molar-refractivity contribution >= 4 is 39.7 Å². The van der Waals surface area contributed by atoms with E-state index in [-0.39, 0.29) is 34.0 Å². The number of fused-ring (bicyclic) bond motifs is 1. The van der Waals surface area contributed by atoms with E-state index < -0.39 is 11.7 Å². The van der Waals surface area contributed by atoms with E-state index in [0.717, 1.165) is 17.4 Å². The van der Waals surface area contributed by atoms with Gasteiger partial charge in [0.15, 0.2) is 22.2 Å². The van der Waals surface area contributed by atoms with Crippen LogP contribution in [0.3, 0.4) is 0 Å². The van der Waals surface area contributed by atoms with Gasteiger partial charge in [0.2, 0.25) is 5.82 Å². The van der Waals surface area contributed by atoms with Crippen LogP contribution < -0.4 is 10.1 Å². The number of nitrogens with zero attached hydrogens (tertiary/aromatic N) is 6. The first kappa shape index (κ1) is 22.6. The summed E-state index contributed by atoms with van der Waals surface area (Å²) in [5.41, 5.74) is 1.43. The van der Waals surface area contributed by atoms with Gasteiger partial charge in [-0.2, -0.15) is 9.61 Å². The summed E-state index contributed by atoms with van der Waals surface area (Å²) < 4.78 is 6.48. The minimum absolute atomic E-state index is 0.0227. The third kappa shape index (κ3) is 4.60. The van der Waals surface area contributed by atoms with Gasteiger partial charge in [0, 0.05) is 30.7 Å². The molecule has 4 heterocycles. The number of hydrogen-bond donors (Lipinski definition) is 1. The Bertz CT molecular complexity index is 1390. The van der Waals surface area contributed by atoms with Gasteiger partial charge < -0.3 is 9.64 Å². The molecular weight excluding hydrogens is 470 g/mol. The summed E-state index contributed by atoms with van der Waals surface area (Å²) in [6.07, 6.45) is 3.26. The Kier molecular flexibility index (Phi) is 6.19. The molecule has 2 amide bonds. The molecule has 11 nitrogen and oxygen atoms in total. The average Bonchev–Trinajstić information content (AvgIpc) is 3.64. The van der Waals surface area contributed by atoms with Crippen LogP contribution in [0.2, 0.25) is 0 Å². The van der Waals surface area contributed by atoms with Crippen molar-refractivity contribution in [2.45, 2.75) is 12.8 Å². The van der Waals surface area contributed by atoms with Gasteiger partial charge >= 0.3 is 5.91 Å². The predicted octanol–water partition coefficient (Wildman–Crippen LogP) is 2.12. The fraction of sp³-hybridized carbons (Fsp3) is 0.261. The lowest BCUT2D eigenvalue weighted by atomic mass is 9.99. The molecule has 0 radical (unpaired) electrons. The average molecular weight is 492 g/mol. The molecule has 1 fully saturated rings. The van der Waals surface area contributed by atoms with Crippen molar-refractivity contribution in [1.29, 1.82) is 0 Å². The van der Waals surface area contributed by atoms with Crippen molar-refractivity contribution in [3.8, 4) is 5.75 Å². The number of likely N-dealkylation sites (tertiary alicyclic amines) is 1. The molecule has 1 N–H and O–H groups in total. The van der Waals surface area contributed by atoms with Gasteiger partial charge in [0.25, 0.3) is 11.7 Å². The summed E-state index contributed by atoms with van der Waals surface area (Å²) in [5, 5.41) is 16.4. The van der Waals surface area contributed by atoms with Crippen LogP contribution in [0, 0.1) is 5.92 Å². The van der Waals surface area contributed by atoms with E-state index >= 15 is 0 Å². The van der Waals surface area contributed by atoms with E-state index in [2.05, 4.69) is 37.7 Å². The first-order valence-corrected chi connectivity index (χ1v) is 11.8. The largest absolute Gasteiger partial charge is 0.494 e. The number of hydrogen-bond acceptors (Lipinski definition) is 9. The van der Waals surface area contributed by atoms with Crippen molar-refractivity contribution in [2.24, 2.45) is 5.92 Å². The summed E-state index contributed by atoms with van der Waals surface area (Å²) in [7, 11) is 1.43. The van der Waals surface area contributed by atoms with Gasteiger partial charge in [-0.15, -0.1) is 21.5 Å². The van der Waals surface area contributed by atoms with Gasteiger partial charge in [-0.25, -0.2) is 4.98 Å². The standard InChI is InChI=1S/C23H21N7O4S/c1-34-16-12-17-26-27-20(19(31)21(32)25-23-24-8-10-35-23)30(17)28-18(16)22(33)29-9-7-15(13-29)11-14-5-3-2-4-6-14/h2-6,8,10,12,15H,7,9,11,13H2,1H3,(H,24,25,32). The van der Waals surface area contributed by atoms with Gasteiger partial charge in [-0.3, -0.25) is 19.7 Å². The van der Waals surface area contributed by atoms with Crippen molar-refractivity contribution in [2.75, 3.05) is 25.5 Å². The normalized spacial score (nSPS) is 15.3. The number of amides is 2. The van der Waals surface area contributed by atoms with Gasteiger partial charge in [-0.05, 0) is 24.3 Å². The minimum Gasteiger partial charge on any atom is -0.494 e. The number of methoxy groups -OCH3 is 1. The van der Waals surface area contributed by atoms with Gasteiger partial charge in [0.05, 0.1) is 7.11 Å². The molecule has 12 heteroatoms. The van der Waals surface area contributed by atoms with Crippen molar-refractivity contribution in [3.05, 3.63) is 65.1 Å². The Morgan fingerprint density at radius 2 is 2.03 bits per heavy atom. The monoisotopic (exact) mass is 491 g/mol. The third-order valence-electron chi connectivity index (χ3n) is 5.78. The van der Waals surface area contributed by atoms with Crippen LogP contribution in [0.5, 0.6) is 5.75 Å². The second-order valence-electron chi connectivity index (χ2n) is 8.07. The molecular formula is C23H21N7O4S. The molecule has 178 valence electrons. The molecule has 0 bridgehead atoms. The maximum Gasteiger partial charge on any atom is 0.302 e. The Morgan fingerprint density at radius 1 is 1.20 bits per heavy atom. The molecule has 0 aliphatic carbocycles. The molecule has 1 aliphatic heterocycles. The molecule has 0 spiro atoms. The highest BCUT2D eigenvalue weighted by Crippen LogP contribution is 2.26. The zero-order chi connectivity index (χ0) is 24.4. The maximum absolute atomic E-state index is 13.4.